The lowest BCUT2D eigenvalue weighted by molar-refractivity contribution is -0.140. The normalized spacial score (nSPS) is 13.1. The zero-order valence-corrected chi connectivity index (χ0v) is 13.8. The summed E-state index contributed by atoms with van der Waals surface area (Å²) in [6, 6.07) is 0. The largest absolute Gasteiger partial charge is 0.512 e. The second-order valence-electron chi connectivity index (χ2n) is 4.32. The van der Waals surface area contributed by atoms with Crippen molar-refractivity contribution in [2.45, 2.75) is 27.7 Å². The standard InChI is InChI=1S/C17H22O6/c1-5-22-16(20)14(12(3)18)10-8-7-9-11-15(13(4)19)17(21)23-6-2/h7-11,18H,5-6H2,1-4H3. The number of ketones is 1. The molecule has 0 aromatic heterocycles. The molecule has 6 heteroatoms. The molecule has 0 heterocycles. The number of ether oxygens (including phenoxy) is 2. The highest BCUT2D eigenvalue weighted by atomic mass is 16.5. The van der Waals surface area contributed by atoms with E-state index in [2.05, 4.69) is 0 Å². The van der Waals surface area contributed by atoms with Gasteiger partial charge in [-0.25, -0.2) is 9.59 Å². The summed E-state index contributed by atoms with van der Waals surface area (Å²) in [5, 5.41) is 9.44. The number of hydrogen-bond donors (Lipinski definition) is 1. The Bertz CT molecular complexity index is 560. The third-order valence-electron chi connectivity index (χ3n) is 2.51. The summed E-state index contributed by atoms with van der Waals surface area (Å²) >= 11 is 0. The van der Waals surface area contributed by atoms with Crippen LogP contribution in [0.15, 0.2) is 47.3 Å². The predicted molar refractivity (Wildman–Crippen MR) is 85.6 cm³/mol. The van der Waals surface area contributed by atoms with Crippen LogP contribution >= 0.6 is 0 Å². The van der Waals surface area contributed by atoms with Crippen LogP contribution < -0.4 is 0 Å². The molecule has 0 unspecified atom stereocenters. The number of allylic oxidation sites excluding steroid dienone is 5. The molecular formula is C17H22O6. The van der Waals surface area contributed by atoms with Crippen molar-refractivity contribution < 1.29 is 29.0 Å². The van der Waals surface area contributed by atoms with Crippen molar-refractivity contribution in [2.75, 3.05) is 13.2 Å². The second-order valence-corrected chi connectivity index (χ2v) is 4.32. The Balaban J connectivity index is 5.05. The van der Waals surface area contributed by atoms with E-state index >= 15 is 0 Å². The van der Waals surface area contributed by atoms with Gasteiger partial charge < -0.3 is 14.6 Å². The molecular weight excluding hydrogens is 300 g/mol. The maximum Gasteiger partial charge on any atom is 0.341 e. The predicted octanol–water partition coefficient (Wildman–Crippen LogP) is 2.57. The first kappa shape index (κ1) is 20.4. The minimum absolute atomic E-state index is 0.0256. The summed E-state index contributed by atoms with van der Waals surface area (Å²) in [6.07, 6.45) is 7.13. The molecule has 0 saturated heterocycles. The number of aliphatic hydroxyl groups excluding tert-OH is 1. The Morgan fingerprint density at radius 2 is 1.48 bits per heavy atom. The number of carbonyl (C=O) groups is 3. The van der Waals surface area contributed by atoms with Crippen molar-refractivity contribution in [1.82, 2.24) is 0 Å². The van der Waals surface area contributed by atoms with Gasteiger partial charge in [0.1, 0.15) is 11.3 Å². The molecule has 0 aliphatic carbocycles. The van der Waals surface area contributed by atoms with Gasteiger partial charge in [0.15, 0.2) is 5.78 Å². The smallest absolute Gasteiger partial charge is 0.341 e. The second kappa shape index (κ2) is 11.0. The molecule has 23 heavy (non-hydrogen) atoms. The number of aliphatic hydroxyl groups is 1. The van der Waals surface area contributed by atoms with Crippen LogP contribution in [0.1, 0.15) is 27.7 Å². The third-order valence-corrected chi connectivity index (χ3v) is 2.51. The van der Waals surface area contributed by atoms with Crippen LogP contribution in [0.4, 0.5) is 0 Å². The number of carbonyl (C=O) groups excluding carboxylic acids is 3. The fourth-order valence-corrected chi connectivity index (χ4v) is 1.45. The summed E-state index contributed by atoms with van der Waals surface area (Å²) in [4.78, 5) is 34.5. The minimum atomic E-state index is -0.688. The molecule has 6 nitrogen and oxygen atoms in total. The molecule has 0 fully saturated rings. The van der Waals surface area contributed by atoms with E-state index in [9.17, 15) is 19.5 Å². The first-order chi connectivity index (χ1) is 10.8. The van der Waals surface area contributed by atoms with Gasteiger partial charge >= 0.3 is 11.9 Å². The SMILES string of the molecule is CCOC(=O)C(=CC=CC=CC(C(=O)OCC)=C(C)O)C(C)=O. The van der Waals surface area contributed by atoms with Crippen molar-refractivity contribution in [3.05, 3.63) is 47.3 Å². The summed E-state index contributed by atoms with van der Waals surface area (Å²) in [7, 11) is 0. The Hall–Kier alpha value is -2.63. The van der Waals surface area contributed by atoms with E-state index in [0.717, 1.165) is 0 Å². The van der Waals surface area contributed by atoms with Crippen molar-refractivity contribution in [3.8, 4) is 0 Å². The van der Waals surface area contributed by atoms with Gasteiger partial charge in [-0.2, -0.15) is 0 Å². The van der Waals surface area contributed by atoms with Gasteiger partial charge in [0.2, 0.25) is 0 Å². The molecule has 0 aliphatic rings. The molecule has 126 valence electrons. The number of rotatable bonds is 8. The molecule has 0 aromatic rings. The molecule has 0 radical (unpaired) electrons. The van der Waals surface area contributed by atoms with Crippen LogP contribution in [0.25, 0.3) is 0 Å². The average Bonchev–Trinajstić information content (AvgIpc) is 2.45. The minimum Gasteiger partial charge on any atom is -0.512 e. The van der Waals surface area contributed by atoms with Crippen LogP contribution in [-0.2, 0) is 23.9 Å². The molecule has 0 rings (SSSR count). The Labute approximate surface area is 135 Å². The molecule has 1 N–H and O–H groups in total. The van der Waals surface area contributed by atoms with E-state index in [0.29, 0.717) is 0 Å². The van der Waals surface area contributed by atoms with E-state index in [1.54, 1.807) is 13.8 Å². The first-order valence-electron chi connectivity index (χ1n) is 7.15. The molecule has 0 amide bonds. The van der Waals surface area contributed by atoms with Crippen LogP contribution in [0.5, 0.6) is 0 Å². The number of Topliss-reactive ketones (excluding diaryl/α,β-unsaturated/α-hetero) is 1. The fourth-order valence-electron chi connectivity index (χ4n) is 1.45. The van der Waals surface area contributed by atoms with Gasteiger partial charge in [-0.15, -0.1) is 0 Å². The molecule has 0 spiro atoms. The van der Waals surface area contributed by atoms with Crippen molar-refractivity contribution >= 4 is 17.7 Å². The summed E-state index contributed by atoms with van der Waals surface area (Å²) in [6.45, 7) is 6.32. The quantitative estimate of drug-likeness (QED) is 0.184. The van der Waals surface area contributed by atoms with Gasteiger partial charge in [0.25, 0.3) is 0 Å². The highest BCUT2D eigenvalue weighted by molar-refractivity contribution is 6.16. The van der Waals surface area contributed by atoms with Gasteiger partial charge in [-0.05, 0) is 39.8 Å². The van der Waals surface area contributed by atoms with E-state index in [4.69, 9.17) is 9.47 Å². The maximum atomic E-state index is 11.6. The highest BCUT2D eigenvalue weighted by Crippen LogP contribution is 2.06. The molecule has 0 aromatic carbocycles. The molecule has 0 atom stereocenters. The van der Waals surface area contributed by atoms with E-state index in [-0.39, 0.29) is 30.1 Å². The van der Waals surface area contributed by atoms with Gasteiger partial charge in [0.05, 0.1) is 18.8 Å². The lowest BCUT2D eigenvalue weighted by Gasteiger charge is -2.02. The highest BCUT2D eigenvalue weighted by Gasteiger charge is 2.14. The van der Waals surface area contributed by atoms with Crippen molar-refractivity contribution in [3.63, 3.8) is 0 Å². The van der Waals surface area contributed by atoms with Crippen LogP contribution in [0.3, 0.4) is 0 Å². The Kier molecular flexibility index (Phi) is 9.75. The first-order valence-corrected chi connectivity index (χ1v) is 7.15. The lowest BCUT2D eigenvalue weighted by Crippen LogP contribution is -2.13. The van der Waals surface area contributed by atoms with Gasteiger partial charge in [-0.3, -0.25) is 4.79 Å². The summed E-state index contributed by atoms with van der Waals surface area (Å²) in [5.74, 6) is -1.90. The lowest BCUT2D eigenvalue weighted by atomic mass is 10.1. The van der Waals surface area contributed by atoms with E-state index < -0.39 is 17.7 Å². The van der Waals surface area contributed by atoms with E-state index in [1.807, 2.05) is 0 Å². The Morgan fingerprint density at radius 3 is 1.96 bits per heavy atom. The summed E-state index contributed by atoms with van der Waals surface area (Å²) < 4.78 is 9.57. The Morgan fingerprint density at radius 1 is 0.913 bits per heavy atom. The summed E-state index contributed by atoms with van der Waals surface area (Å²) in [5.41, 5.74) is -0.0475. The molecule has 0 aliphatic heterocycles. The average molecular weight is 322 g/mol. The van der Waals surface area contributed by atoms with Gasteiger partial charge in [-0.1, -0.05) is 18.2 Å². The van der Waals surface area contributed by atoms with Gasteiger partial charge in [0, 0.05) is 0 Å². The van der Waals surface area contributed by atoms with Crippen LogP contribution in [-0.4, -0.2) is 36.0 Å². The van der Waals surface area contributed by atoms with Crippen LogP contribution in [0, 0.1) is 0 Å². The van der Waals surface area contributed by atoms with E-state index in [1.165, 1.54) is 44.2 Å². The number of esters is 2. The number of hydrogen-bond acceptors (Lipinski definition) is 6. The van der Waals surface area contributed by atoms with Crippen molar-refractivity contribution in [2.24, 2.45) is 0 Å². The zero-order valence-electron chi connectivity index (χ0n) is 13.8. The molecule has 0 saturated carbocycles. The molecule has 0 bridgehead atoms. The van der Waals surface area contributed by atoms with Crippen molar-refractivity contribution in [1.29, 1.82) is 0 Å². The topological polar surface area (TPSA) is 89.9 Å². The monoisotopic (exact) mass is 322 g/mol. The zero-order chi connectivity index (χ0) is 17.8. The maximum absolute atomic E-state index is 11.6. The fraction of sp³-hybridized carbons (Fsp3) is 0.353. The van der Waals surface area contributed by atoms with Crippen LogP contribution in [0.2, 0.25) is 0 Å². The third kappa shape index (κ3) is 7.80.